The summed E-state index contributed by atoms with van der Waals surface area (Å²) in [5.74, 6) is 0. The van der Waals surface area contributed by atoms with Crippen LogP contribution in [0.5, 0.6) is 0 Å². The van der Waals surface area contributed by atoms with Crippen LogP contribution < -0.4 is 11.1 Å². The fraction of sp³-hybridized carbons (Fsp3) is 0.529. The van der Waals surface area contributed by atoms with E-state index in [1.807, 2.05) is 6.92 Å². The van der Waals surface area contributed by atoms with Crippen LogP contribution in [0.1, 0.15) is 30.9 Å². The smallest absolute Gasteiger partial charge is 0.0672 e. The molecule has 0 amide bonds. The number of aryl methyl sites for hydroxylation is 1. The van der Waals surface area contributed by atoms with E-state index in [4.69, 9.17) is 10.5 Å². The van der Waals surface area contributed by atoms with Crippen LogP contribution in [0.25, 0.3) is 0 Å². The van der Waals surface area contributed by atoms with Crippen molar-refractivity contribution in [1.29, 1.82) is 0 Å². The molecule has 0 spiro atoms. The number of nitrogens with two attached hydrogens (primary N) is 1. The molecule has 3 heteroatoms. The van der Waals surface area contributed by atoms with Crippen LogP contribution in [0.2, 0.25) is 0 Å². The Balaban J connectivity index is 1.98. The van der Waals surface area contributed by atoms with Gasteiger partial charge in [0.1, 0.15) is 0 Å². The SMILES string of the molecule is C=C(C)COCCNC1(CN)CCCc2ccccc21. The molecule has 0 heterocycles. The third kappa shape index (κ3) is 3.48. The molecule has 1 aliphatic rings. The fourth-order valence-electron chi connectivity index (χ4n) is 3.00. The third-order valence-electron chi connectivity index (χ3n) is 3.99. The van der Waals surface area contributed by atoms with Crippen molar-refractivity contribution < 1.29 is 4.74 Å². The maximum absolute atomic E-state index is 6.10. The summed E-state index contributed by atoms with van der Waals surface area (Å²) in [5, 5.41) is 3.64. The molecule has 3 N–H and O–H groups in total. The first-order chi connectivity index (χ1) is 9.68. The van der Waals surface area contributed by atoms with E-state index in [9.17, 15) is 0 Å². The molecular formula is C17H26N2O. The van der Waals surface area contributed by atoms with Gasteiger partial charge < -0.3 is 15.8 Å². The van der Waals surface area contributed by atoms with Crippen LogP contribution in [-0.4, -0.2) is 26.3 Å². The van der Waals surface area contributed by atoms with Gasteiger partial charge in [-0.3, -0.25) is 0 Å². The number of benzene rings is 1. The van der Waals surface area contributed by atoms with E-state index in [2.05, 4.69) is 36.2 Å². The number of rotatable bonds is 7. The zero-order valence-corrected chi connectivity index (χ0v) is 12.5. The summed E-state index contributed by atoms with van der Waals surface area (Å²) in [6.07, 6.45) is 3.45. The second-order valence-electron chi connectivity index (χ2n) is 5.73. The van der Waals surface area contributed by atoms with Gasteiger partial charge in [0, 0.05) is 13.1 Å². The molecule has 0 radical (unpaired) electrons. The quantitative estimate of drug-likeness (QED) is 0.593. The lowest BCUT2D eigenvalue weighted by Gasteiger charge is -2.39. The van der Waals surface area contributed by atoms with Crippen molar-refractivity contribution in [1.82, 2.24) is 5.32 Å². The van der Waals surface area contributed by atoms with Crippen molar-refractivity contribution in [2.45, 2.75) is 31.7 Å². The van der Waals surface area contributed by atoms with Gasteiger partial charge in [-0.05, 0) is 37.3 Å². The van der Waals surface area contributed by atoms with E-state index >= 15 is 0 Å². The third-order valence-corrected chi connectivity index (χ3v) is 3.99. The summed E-state index contributed by atoms with van der Waals surface area (Å²) in [7, 11) is 0. The minimum absolute atomic E-state index is 0.0819. The summed E-state index contributed by atoms with van der Waals surface area (Å²) in [5.41, 5.74) is 9.87. The Morgan fingerprint density at radius 3 is 3.00 bits per heavy atom. The highest BCUT2D eigenvalue weighted by Crippen LogP contribution is 2.34. The normalized spacial score (nSPS) is 21.5. The summed E-state index contributed by atoms with van der Waals surface area (Å²) in [6.45, 7) is 8.59. The molecule has 0 bridgehead atoms. The van der Waals surface area contributed by atoms with Crippen molar-refractivity contribution in [3.05, 3.63) is 47.5 Å². The van der Waals surface area contributed by atoms with Crippen LogP contribution in [0.4, 0.5) is 0 Å². The number of hydrogen-bond acceptors (Lipinski definition) is 3. The van der Waals surface area contributed by atoms with Gasteiger partial charge in [-0.25, -0.2) is 0 Å². The molecule has 0 saturated carbocycles. The van der Waals surface area contributed by atoms with E-state index in [-0.39, 0.29) is 5.54 Å². The monoisotopic (exact) mass is 274 g/mol. The van der Waals surface area contributed by atoms with Gasteiger partial charge in [0.25, 0.3) is 0 Å². The largest absolute Gasteiger partial charge is 0.376 e. The van der Waals surface area contributed by atoms with E-state index in [1.54, 1.807) is 0 Å². The first-order valence-electron chi connectivity index (χ1n) is 7.43. The van der Waals surface area contributed by atoms with E-state index in [1.165, 1.54) is 17.5 Å². The van der Waals surface area contributed by atoms with Gasteiger partial charge in [-0.1, -0.05) is 36.4 Å². The minimum Gasteiger partial charge on any atom is -0.376 e. The maximum Gasteiger partial charge on any atom is 0.0672 e. The molecule has 1 aliphatic carbocycles. The molecule has 1 atom stereocenters. The van der Waals surface area contributed by atoms with Gasteiger partial charge in [0.15, 0.2) is 0 Å². The Kier molecular flexibility index (Phi) is 5.35. The molecule has 2 rings (SSSR count). The molecule has 0 saturated heterocycles. The molecule has 1 unspecified atom stereocenters. The first-order valence-corrected chi connectivity index (χ1v) is 7.43. The summed E-state index contributed by atoms with van der Waals surface area (Å²) in [6, 6.07) is 8.65. The average molecular weight is 274 g/mol. The number of fused-ring (bicyclic) bond motifs is 1. The molecule has 20 heavy (non-hydrogen) atoms. The molecule has 0 aliphatic heterocycles. The standard InChI is InChI=1S/C17H26N2O/c1-14(2)12-20-11-10-19-17(13-18)9-5-7-15-6-3-4-8-16(15)17/h3-4,6,8,19H,1,5,7,9-13,18H2,2H3. The zero-order chi connectivity index (χ0) is 14.4. The lowest BCUT2D eigenvalue weighted by atomic mass is 9.76. The van der Waals surface area contributed by atoms with Crippen molar-refractivity contribution in [2.75, 3.05) is 26.3 Å². The Hall–Kier alpha value is -1.16. The van der Waals surface area contributed by atoms with Crippen LogP contribution in [0.3, 0.4) is 0 Å². The van der Waals surface area contributed by atoms with Gasteiger partial charge >= 0.3 is 0 Å². The minimum atomic E-state index is -0.0819. The van der Waals surface area contributed by atoms with Crippen LogP contribution in [0.15, 0.2) is 36.4 Å². The van der Waals surface area contributed by atoms with Gasteiger partial charge in [-0.15, -0.1) is 0 Å². The highest BCUT2D eigenvalue weighted by Gasteiger charge is 2.34. The molecule has 1 aromatic carbocycles. The van der Waals surface area contributed by atoms with Crippen molar-refractivity contribution >= 4 is 0 Å². The predicted octanol–water partition coefficient (Wildman–Crippen LogP) is 2.36. The summed E-state index contributed by atoms with van der Waals surface area (Å²) < 4.78 is 5.56. The van der Waals surface area contributed by atoms with Crippen molar-refractivity contribution in [2.24, 2.45) is 5.73 Å². The second-order valence-corrected chi connectivity index (χ2v) is 5.73. The molecular weight excluding hydrogens is 248 g/mol. The highest BCUT2D eigenvalue weighted by molar-refractivity contribution is 5.36. The molecule has 3 nitrogen and oxygen atoms in total. The van der Waals surface area contributed by atoms with Gasteiger partial charge in [0.2, 0.25) is 0 Å². The lowest BCUT2D eigenvalue weighted by Crippen LogP contribution is -2.51. The number of nitrogens with one attached hydrogen (secondary N) is 1. The van der Waals surface area contributed by atoms with Crippen LogP contribution >= 0.6 is 0 Å². The Morgan fingerprint density at radius 1 is 1.45 bits per heavy atom. The predicted molar refractivity (Wildman–Crippen MR) is 83.7 cm³/mol. The Bertz CT molecular complexity index is 458. The summed E-state index contributed by atoms with van der Waals surface area (Å²) >= 11 is 0. The average Bonchev–Trinajstić information content (AvgIpc) is 2.46. The Labute approximate surface area is 122 Å². The van der Waals surface area contributed by atoms with Crippen molar-refractivity contribution in [3.8, 4) is 0 Å². The lowest BCUT2D eigenvalue weighted by molar-refractivity contribution is 0.144. The highest BCUT2D eigenvalue weighted by atomic mass is 16.5. The number of ether oxygens (including phenoxy) is 1. The molecule has 0 fully saturated rings. The zero-order valence-electron chi connectivity index (χ0n) is 12.5. The van der Waals surface area contributed by atoms with Crippen LogP contribution in [0, 0.1) is 0 Å². The van der Waals surface area contributed by atoms with Gasteiger partial charge in [-0.2, -0.15) is 0 Å². The van der Waals surface area contributed by atoms with Crippen molar-refractivity contribution in [3.63, 3.8) is 0 Å². The summed E-state index contributed by atoms with van der Waals surface area (Å²) in [4.78, 5) is 0. The van der Waals surface area contributed by atoms with E-state index in [0.717, 1.165) is 25.0 Å². The second kappa shape index (κ2) is 7.02. The van der Waals surface area contributed by atoms with E-state index in [0.29, 0.717) is 19.8 Å². The molecule has 0 aromatic heterocycles. The van der Waals surface area contributed by atoms with Gasteiger partial charge in [0.05, 0.1) is 18.8 Å². The van der Waals surface area contributed by atoms with Crippen LogP contribution in [-0.2, 0) is 16.7 Å². The first kappa shape index (κ1) is 15.2. The number of hydrogen-bond donors (Lipinski definition) is 2. The Morgan fingerprint density at radius 2 is 2.25 bits per heavy atom. The maximum atomic E-state index is 6.10. The van der Waals surface area contributed by atoms with E-state index < -0.39 is 0 Å². The molecule has 110 valence electrons. The molecule has 1 aromatic rings. The topological polar surface area (TPSA) is 47.3 Å². The fourth-order valence-corrected chi connectivity index (χ4v) is 3.00.